The largest absolute Gasteiger partial charge is 0.334 e. The minimum atomic E-state index is -0.165. The van der Waals surface area contributed by atoms with E-state index in [2.05, 4.69) is 28.8 Å². The van der Waals surface area contributed by atoms with Crippen molar-refractivity contribution >= 4 is 5.65 Å². The molecule has 0 atom stereocenters. The smallest absolute Gasteiger partial charge is 0.291 e. The first-order valence-corrected chi connectivity index (χ1v) is 7.80. The van der Waals surface area contributed by atoms with Crippen molar-refractivity contribution in [3.63, 3.8) is 0 Å². The summed E-state index contributed by atoms with van der Waals surface area (Å²) in [5.74, 6) is 1.40. The first kappa shape index (κ1) is 14.5. The number of hydrogen-bond acceptors (Lipinski definition) is 3. The summed E-state index contributed by atoms with van der Waals surface area (Å²) in [6.07, 6.45) is 3.54. The molecule has 3 rings (SSSR count). The Kier molecular flexibility index (Phi) is 4.04. The summed E-state index contributed by atoms with van der Waals surface area (Å²) in [5, 5.41) is 0. The van der Waals surface area contributed by atoms with Gasteiger partial charge in [-0.3, -0.25) is 4.98 Å². The highest BCUT2D eigenvalue weighted by Crippen LogP contribution is 2.17. The predicted octanol–water partition coefficient (Wildman–Crippen LogP) is 2.99. The second-order valence-electron chi connectivity index (χ2n) is 5.39. The Bertz CT molecular complexity index is 833. The third-order valence-corrected chi connectivity index (χ3v) is 3.65. The van der Waals surface area contributed by atoms with E-state index in [1.165, 1.54) is 0 Å². The Labute approximate surface area is 129 Å². The molecule has 0 fully saturated rings. The second-order valence-corrected chi connectivity index (χ2v) is 5.39. The van der Waals surface area contributed by atoms with Gasteiger partial charge in [0, 0.05) is 12.0 Å². The summed E-state index contributed by atoms with van der Waals surface area (Å²) in [6, 6.07) is 9.70. The molecule has 1 aromatic carbocycles. The molecule has 0 radical (unpaired) electrons. The van der Waals surface area contributed by atoms with Crippen molar-refractivity contribution in [3.05, 3.63) is 52.3 Å². The molecule has 5 heteroatoms. The van der Waals surface area contributed by atoms with Crippen LogP contribution >= 0.6 is 0 Å². The van der Waals surface area contributed by atoms with E-state index in [0.717, 1.165) is 42.8 Å². The van der Waals surface area contributed by atoms with Gasteiger partial charge in [0.25, 0.3) is 0 Å². The maximum Gasteiger partial charge on any atom is 0.334 e. The van der Waals surface area contributed by atoms with Gasteiger partial charge in [0.05, 0.1) is 5.69 Å². The number of aromatic nitrogens is 4. The van der Waals surface area contributed by atoms with Gasteiger partial charge in [-0.15, -0.1) is 0 Å². The van der Waals surface area contributed by atoms with Gasteiger partial charge in [-0.25, -0.2) is 19.2 Å². The van der Waals surface area contributed by atoms with Gasteiger partial charge in [0.1, 0.15) is 11.6 Å². The van der Waals surface area contributed by atoms with Gasteiger partial charge < -0.3 is 0 Å². The Balaban J connectivity index is 2.24. The van der Waals surface area contributed by atoms with Crippen molar-refractivity contribution in [2.75, 3.05) is 0 Å². The molecule has 2 aromatic heterocycles. The van der Waals surface area contributed by atoms with Crippen molar-refractivity contribution in [3.8, 4) is 11.4 Å². The molecule has 1 N–H and O–H groups in total. The summed E-state index contributed by atoms with van der Waals surface area (Å²) >= 11 is 0. The van der Waals surface area contributed by atoms with E-state index in [-0.39, 0.29) is 5.69 Å². The Morgan fingerprint density at radius 2 is 1.77 bits per heavy atom. The molecule has 0 saturated heterocycles. The normalized spacial score (nSPS) is 11.2. The van der Waals surface area contributed by atoms with Crippen molar-refractivity contribution in [2.24, 2.45) is 0 Å². The summed E-state index contributed by atoms with van der Waals surface area (Å²) in [7, 11) is 0. The van der Waals surface area contributed by atoms with E-state index >= 15 is 0 Å². The molecule has 0 aliphatic heterocycles. The van der Waals surface area contributed by atoms with Crippen LogP contribution in [0, 0.1) is 0 Å². The Morgan fingerprint density at radius 3 is 2.45 bits per heavy atom. The molecule has 0 amide bonds. The van der Waals surface area contributed by atoms with E-state index in [1.54, 1.807) is 4.40 Å². The number of imidazole rings is 1. The van der Waals surface area contributed by atoms with E-state index < -0.39 is 0 Å². The van der Waals surface area contributed by atoms with Crippen LogP contribution in [0.1, 0.15) is 38.2 Å². The number of fused-ring (bicyclic) bond motifs is 1. The lowest BCUT2D eigenvalue weighted by Gasteiger charge is -2.03. The number of hydrogen-bond donors (Lipinski definition) is 1. The van der Waals surface area contributed by atoms with Crippen LogP contribution in [0.15, 0.2) is 35.1 Å². The van der Waals surface area contributed by atoms with Gasteiger partial charge in [0.2, 0.25) is 0 Å². The minimum absolute atomic E-state index is 0.165. The van der Waals surface area contributed by atoms with Gasteiger partial charge in [-0.2, -0.15) is 0 Å². The van der Waals surface area contributed by atoms with Crippen LogP contribution in [0.2, 0.25) is 0 Å². The minimum Gasteiger partial charge on any atom is -0.291 e. The fourth-order valence-electron chi connectivity index (χ4n) is 2.65. The average Bonchev–Trinajstić information content (AvgIpc) is 2.87. The fourth-order valence-corrected chi connectivity index (χ4v) is 2.65. The number of rotatable bonds is 5. The van der Waals surface area contributed by atoms with Crippen molar-refractivity contribution in [2.45, 2.75) is 39.5 Å². The zero-order valence-electron chi connectivity index (χ0n) is 13.0. The summed E-state index contributed by atoms with van der Waals surface area (Å²) < 4.78 is 1.63. The predicted molar refractivity (Wildman–Crippen MR) is 87.0 cm³/mol. The van der Waals surface area contributed by atoms with E-state index in [9.17, 15) is 4.79 Å². The SMILES string of the molecule is CCCc1nc(CCC)n2c(=O)[nH]c(-c3ccccc3)nc12. The van der Waals surface area contributed by atoms with Crippen LogP contribution in [-0.4, -0.2) is 19.4 Å². The number of nitrogens with zero attached hydrogens (tertiary/aromatic N) is 3. The van der Waals surface area contributed by atoms with E-state index in [4.69, 9.17) is 0 Å². The first-order chi connectivity index (χ1) is 10.7. The first-order valence-electron chi connectivity index (χ1n) is 7.80. The molecule has 114 valence electrons. The van der Waals surface area contributed by atoms with Gasteiger partial charge >= 0.3 is 5.69 Å². The van der Waals surface area contributed by atoms with Crippen LogP contribution in [-0.2, 0) is 12.8 Å². The molecular formula is C17H20N4O. The Hall–Kier alpha value is -2.43. The monoisotopic (exact) mass is 296 g/mol. The number of nitrogens with one attached hydrogen (secondary N) is 1. The van der Waals surface area contributed by atoms with E-state index in [0.29, 0.717) is 11.5 Å². The Morgan fingerprint density at radius 1 is 1.05 bits per heavy atom. The number of benzene rings is 1. The number of H-pyrrole nitrogens is 1. The molecule has 0 unspecified atom stereocenters. The van der Waals surface area contributed by atoms with Crippen LogP contribution in [0.5, 0.6) is 0 Å². The summed E-state index contributed by atoms with van der Waals surface area (Å²) in [5.41, 5.74) is 2.34. The lowest BCUT2D eigenvalue weighted by molar-refractivity contribution is 0.795. The van der Waals surface area contributed by atoms with Crippen molar-refractivity contribution in [1.82, 2.24) is 19.4 Å². The molecule has 22 heavy (non-hydrogen) atoms. The quantitative estimate of drug-likeness (QED) is 0.787. The summed E-state index contributed by atoms with van der Waals surface area (Å²) in [4.78, 5) is 24.7. The molecule has 0 spiro atoms. The highest BCUT2D eigenvalue weighted by atomic mass is 16.1. The van der Waals surface area contributed by atoms with Crippen molar-refractivity contribution in [1.29, 1.82) is 0 Å². The zero-order chi connectivity index (χ0) is 15.5. The third-order valence-electron chi connectivity index (χ3n) is 3.65. The molecule has 3 aromatic rings. The standard InChI is InChI=1S/C17H20N4O/c1-3-8-13-16-19-15(12-10-6-5-7-11-12)20-17(22)21(16)14(18-13)9-4-2/h5-7,10-11H,3-4,8-9H2,1-2H3,(H,19,20,22). The number of aromatic amines is 1. The maximum atomic E-state index is 12.5. The highest BCUT2D eigenvalue weighted by Gasteiger charge is 2.15. The van der Waals surface area contributed by atoms with Crippen LogP contribution in [0.4, 0.5) is 0 Å². The topological polar surface area (TPSA) is 63.1 Å². The second kappa shape index (κ2) is 6.13. The molecule has 0 aliphatic carbocycles. The third kappa shape index (κ3) is 2.54. The van der Waals surface area contributed by atoms with Gasteiger partial charge in [-0.05, 0) is 12.8 Å². The molecule has 0 saturated carbocycles. The van der Waals surface area contributed by atoms with Gasteiger partial charge in [-0.1, -0.05) is 50.6 Å². The highest BCUT2D eigenvalue weighted by molar-refractivity contribution is 5.58. The van der Waals surface area contributed by atoms with E-state index in [1.807, 2.05) is 30.3 Å². The molecule has 5 nitrogen and oxygen atoms in total. The van der Waals surface area contributed by atoms with Crippen molar-refractivity contribution < 1.29 is 0 Å². The van der Waals surface area contributed by atoms with Crippen LogP contribution < -0.4 is 5.69 Å². The fraction of sp³-hybridized carbons (Fsp3) is 0.353. The lowest BCUT2D eigenvalue weighted by Crippen LogP contribution is -2.20. The van der Waals surface area contributed by atoms with Gasteiger partial charge in [0.15, 0.2) is 5.65 Å². The molecule has 2 heterocycles. The van der Waals surface area contributed by atoms with Crippen LogP contribution in [0.25, 0.3) is 17.0 Å². The molecular weight excluding hydrogens is 276 g/mol. The van der Waals surface area contributed by atoms with Crippen LogP contribution in [0.3, 0.4) is 0 Å². The summed E-state index contributed by atoms with van der Waals surface area (Å²) in [6.45, 7) is 4.19. The maximum absolute atomic E-state index is 12.5. The molecule has 0 bridgehead atoms. The lowest BCUT2D eigenvalue weighted by atomic mass is 10.2. The zero-order valence-corrected chi connectivity index (χ0v) is 13.0. The molecule has 0 aliphatic rings. The average molecular weight is 296 g/mol. The number of aryl methyl sites for hydroxylation is 2.